The number of halogens is 1. The highest BCUT2D eigenvalue weighted by molar-refractivity contribution is 7.13. The molecule has 0 spiro atoms. The average molecular weight is 470 g/mol. The SMILES string of the molecule is CCOc1ccc(-c2nc(CC(=O)N3CCN(Cc4cc(F)ccc4OC)CC3)cs2)cc1. The maximum atomic E-state index is 13.6. The minimum absolute atomic E-state index is 0.0847. The molecule has 1 aromatic heterocycles. The van der Waals surface area contributed by atoms with Gasteiger partial charge in [0.15, 0.2) is 0 Å². The molecular weight excluding hydrogens is 441 g/mol. The minimum atomic E-state index is -0.271. The van der Waals surface area contributed by atoms with Crippen LogP contribution in [0, 0.1) is 5.82 Å². The van der Waals surface area contributed by atoms with Gasteiger partial charge in [-0.1, -0.05) is 0 Å². The predicted octanol–water partition coefficient (Wildman–Crippen LogP) is 4.24. The molecule has 0 N–H and O–H groups in total. The Bertz CT molecular complexity index is 1080. The molecule has 1 amide bonds. The van der Waals surface area contributed by atoms with E-state index < -0.39 is 0 Å². The number of amides is 1. The Morgan fingerprint density at radius 1 is 1.12 bits per heavy atom. The maximum absolute atomic E-state index is 13.6. The van der Waals surface area contributed by atoms with Gasteiger partial charge in [0.05, 0.1) is 25.8 Å². The molecule has 8 heteroatoms. The number of thiazole rings is 1. The Labute approximate surface area is 197 Å². The van der Waals surface area contributed by atoms with Crippen LogP contribution >= 0.6 is 11.3 Å². The van der Waals surface area contributed by atoms with Crippen molar-refractivity contribution in [2.45, 2.75) is 19.9 Å². The van der Waals surface area contributed by atoms with E-state index in [1.54, 1.807) is 24.5 Å². The molecule has 2 aromatic carbocycles. The molecule has 3 aromatic rings. The molecule has 4 rings (SSSR count). The van der Waals surface area contributed by atoms with Gasteiger partial charge in [-0.15, -0.1) is 11.3 Å². The summed E-state index contributed by atoms with van der Waals surface area (Å²) in [6, 6.07) is 12.4. The average Bonchev–Trinajstić information content (AvgIpc) is 3.29. The Kier molecular flexibility index (Phi) is 7.57. The highest BCUT2D eigenvalue weighted by atomic mass is 32.1. The Morgan fingerprint density at radius 2 is 1.88 bits per heavy atom. The van der Waals surface area contributed by atoms with E-state index in [-0.39, 0.29) is 11.7 Å². The molecule has 2 heterocycles. The van der Waals surface area contributed by atoms with Gasteiger partial charge in [0.1, 0.15) is 22.3 Å². The van der Waals surface area contributed by atoms with Gasteiger partial charge in [-0.25, -0.2) is 9.37 Å². The number of rotatable bonds is 8. The smallest absolute Gasteiger partial charge is 0.228 e. The largest absolute Gasteiger partial charge is 0.496 e. The van der Waals surface area contributed by atoms with Crippen LogP contribution in [0.4, 0.5) is 4.39 Å². The van der Waals surface area contributed by atoms with Crippen LogP contribution in [0.15, 0.2) is 47.8 Å². The second kappa shape index (κ2) is 10.8. The van der Waals surface area contributed by atoms with Crippen molar-refractivity contribution >= 4 is 17.2 Å². The van der Waals surface area contributed by atoms with Crippen LogP contribution in [0.1, 0.15) is 18.2 Å². The lowest BCUT2D eigenvalue weighted by atomic mass is 10.1. The third-order valence-corrected chi connectivity index (χ3v) is 6.60. The lowest BCUT2D eigenvalue weighted by Gasteiger charge is -2.35. The van der Waals surface area contributed by atoms with E-state index in [1.807, 2.05) is 41.5 Å². The highest BCUT2D eigenvalue weighted by Gasteiger charge is 2.23. The molecule has 6 nitrogen and oxygen atoms in total. The van der Waals surface area contributed by atoms with Crippen LogP contribution in [-0.4, -0.2) is 60.6 Å². The summed E-state index contributed by atoms with van der Waals surface area (Å²) in [7, 11) is 1.59. The van der Waals surface area contributed by atoms with Gasteiger partial charge < -0.3 is 14.4 Å². The third-order valence-electron chi connectivity index (χ3n) is 5.66. The molecule has 0 saturated carbocycles. The molecule has 1 fully saturated rings. The number of carbonyl (C=O) groups is 1. The summed E-state index contributed by atoms with van der Waals surface area (Å²) in [6.07, 6.45) is 0.297. The summed E-state index contributed by atoms with van der Waals surface area (Å²) in [5, 5.41) is 2.85. The normalized spacial score (nSPS) is 14.3. The molecule has 174 valence electrons. The van der Waals surface area contributed by atoms with Crippen molar-refractivity contribution in [1.29, 1.82) is 0 Å². The monoisotopic (exact) mass is 469 g/mol. The van der Waals surface area contributed by atoms with Gasteiger partial charge in [-0.05, 0) is 49.4 Å². The zero-order valence-corrected chi connectivity index (χ0v) is 19.7. The van der Waals surface area contributed by atoms with Gasteiger partial charge in [0, 0.05) is 49.2 Å². The van der Waals surface area contributed by atoms with Crippen molar-refractivity contribution in [3.63, 3.8) is 0 Å². The quantitative estimate of drug-likeness (QED) is 0.494. The first kappa shape index (κ1) is 23.2. The fraction of sp³-hybridized carbons (Fsp3) is 0.360. The lowest BCUT2D eigenvalue weighted by molar-refractivity contribution is -0.132. The number of ether oxygens (including phenoxy) is 2. The van der Waals surface area contributed by atoms with Crippen molar-refractivity contribution < 1.29 is 18.7 Å². The van der Waals surface area contributed by atoms with Crippen molar-refractivity contribution in [2.24, 2.45) is 0 Å². The molecule has 0 aliphatic carbocycles. The minimum Gasteiger partial charge on any atom is -0.496 e. The predicted molar refractivity (Wildman–Crippen MR) is 127 cm³/mol. The fourth-order valence-corrected chi connectivity index (χ4v) is 4.74. The molecule has 33 heavy (non-hydrogen) atoms. The summed E-state index contributed by atoms with van der Waals surface area (Å²) in [5.74, 6) is 1.33. The van der Waals surface area contributed by atoms with Gasteiger partial charge in [0.2, 0.25) is 5.91 Å². The lowest BCUT2D eigenvalue weighted by Crippen LogP contribution is -2.48. The van der Waals surface area contributed by atoms with Crippen LogP contribution in [0.3, 0.4) is 0 Å². The molecule has 0 radical (unpaired) electrons. The number of hydrogen-bond donors (Lipinski definition) is 0. The third kappa shape index (κ3) is 5.89. The van der Waals surface area contributed by atoms with Crippen molar-refractivity contribution in [3.8, 4) is 22.1 Å². The first-order valence-corrected chi connectivity index (χ1v) is 11.9. The summed E-state index contributed by atoms with van der Waals surface area (Å²) < 4.78 is 24.5. The molecule has 0 bridgehead atoms. The Hall–Kier alpha value is -2.97. The second-order valence-electron chi connectivity index (χ2n) is 7.89. The highest BCUT2D eigenvalue weighted by Crippen LogP contribution is 2.26. The van der Waals surface area contributed by atoms with Gasteiger partial charge in [-0.2, -0.15) is 0 Å². The maximum Gasteiger partial charge on any atom is 0.228 e. The number of hydrogen-bond acceptors (Lipinski definition) is 6. The van der Waals surface area contributed by atoms with E-state index in [1.165, 1.54) is 12.1 Å². The molecule has 1 saturated heterocycles. The molecule has 0 atom stereocenters. The number of carbonyl (C=O) groups excluding carboxylic acids is 1. The van der Waals surface area contributed by atoms with E-state index in [9.17, 15) is 9.18 Å². The van der Waals surface area contributed by atoms with Crippen molar-refractivity contribution in [1.82, 2.24) is 14.8 Å². The van der Waals surface area contributed by atoms with Crippen molar-refractivity contribution in [3.05, 3.63) is 64.9 Å². The number of benzene rings is 2. The van der Waals surface area contributed by atoms with E-state index >= 15 is 0 Å². The Morgan fingerprint density at radius 3 is 2.58 bits per heavy atom. The number of piperazine rings is 1. The standard InChI is InChI=1S/C25H28FN3O3S/c1-3-32-22-7-4-18(5-8-22)25-27-21(17-33-25)15-24(30)29-12-10-28(11-13-29)16-19-14-20(26)6-9-23(19)31-2/h4-9,14,17H,3,10-13,15-16H2,1-2H3. The van der Waals surface area contributed by atoms with Crippen LogP contribution < -0.4 is 9.47 Å². The van der Waals surface area contributed by atoms with Crippen LogP contribution in [0.2, 0.25) is 0 Å². The Balaban J connectivity index is 1.29. The van der Waals surface area contributed by atoms with Crippen LogP contribution in [0.5, 0.6) is 11.5 Å². The van der Waals surface area contributed by atoms with Crippen LogP contribution in [0.25, 0.3) is 10.6 Å². The summed E-state index contributed by atoms with van der Waals surface area (Å²) >= 11 is 1.54. The van der Waals surface area contributed by atoms with Gasteiger partial charge >= 0.3 is 0 Å². The topological polar surface area (TPSA) is 54.9 Å². The number of methoxy groups -OCH3 is 1. The van der Waals surface area contributed by atoms with Crippen molar-refractivity contribution in [2.75, 3.05) is 39.9 Å². The fourth-order valence-electron chi connectivity index (χ4n) is 3.91. The molecule has 0 unspecified atom stereocenters. The number of aromatic nitrogens is 1. The molecule has 1 aliphatic rings. The van der Waals surface area contributed by atoms with E-state index in [0.717, 1.165) is 40.7 Å². The van der Waals surface area contributed by atoms with E-state index in [2.05, 4.69) is 9.88 Å². The summed E-state index contributed by atoms with van der Waals surface area (Å²) in [4.78, 5) is 21.6. The summed E-state index contributed by atoms with van der Waals surface area (Å²) in [6.45, 7) is 5.95. The second-order valence-corrected chi connectivity index (χ2v) is 8.75. The molecule has 1 aliphatic heterocycles. The zero-order valence-electron chi connectivity index (χ0n) is 18.9. The van der Waals surface area contributed by atoms with Crippen LogP contribution in [-0.2, 0) is 17.8 Å². The molecular formula is C25H28FN3O3S. The van der Waals surface area contributed by atoms with Gasteiger partial charge in [-0.3, -0.25) is 9.69 Å². The first-order chi connectivity index (χ1) is 16.1. The van der Waals surface area contributed by atoms with E-state index in [4.69, 9.17) is 9.47 Å². The summed E-state index contributed by atoms with van der Waals surface area (Å²) in [5.41, 5.74) is 2.63. The first-order valence-electron chi connectivity index (χ1n) is 11.1. The van der Waals surface area contributed by atoms with E-state index in [0.29, 0.717) is 38.4 Å². The zero-order chi connectivity index (χ0) is 23.2. The van der Waals surface area contributed by atoms with Gasteiger partial charge in [0.25, 0.3) is 0 Å². The number of nitrogens with zero attached hydrogens (tertiary/aromatic N) is 3.